The van der Waals surface area contributed by atoms with Crippen LogP contribution < -0.4 is 4.74 Å². The van der Waals surface area contributed by atoms with Crippen LogP contribution in [0.3, 0.4) is 0 Å². The van der Waals surface area contributed by atoms with Crippen LogP contribution in [0.15, 0.2) is 41.2 Å². The summed E-state index contributed by atoms with van der Waals surface area (Å²) in [6.07, 6.45) is 3.79. The molecule has 0 spiro atoms. The lowest BCUT2D eigenvalue weighted by Crippen LogP contribution is -2.17. The number of hydrogen-bond acceptors (Lipinski definition) is 6. The van der Waals surface area contributed by atoms with Crippen molar-refractivity contribution in [3.05, 3.63) is 59.8 Å². The lowest BCUT2D eigenvalue weighted by molar-refractivity contribution is 0.256. The summed E-state index contributed by atoms with van der Waals surface area (Å²) in [5.74, 6) is 1.21. The molecule has 0 aliphatic carbocycles. The van der Waals surface area contributed by atoms with Gasteiger partial charge in [0.25, 0.3) is 0 Å². The predicted molar refractivity (Wildman–Crippen MR) is 83.4 cm³/mol. The largest absolute Gasteiger partial charge is 0.485 e. The van der Waals surface area contributed by atoms with Crippen LogP contribution in [-0.2, 0) is 26.7 Å². The van der Waals surface area contributed by atoms with E-state index < -0.39 is 0 Å². The van der Waals surface area contributed by atoms with Crippen molar-refractivity contribution in [3.8, 4) is 5.75 Å². The minimum atomic E-state index is -0.305. The summed E-state index contributed by atoms with van der Waals surface area (Å²) in [5.41, 5.74) is 1.11. The second-order valence-electron chi connectivity index (χ2n) is 5.54. The van der Waals surface area contributed by atoms with Gasteiger partial charge in [-0.3, -0.25) is 9.58 Å². The van der Waals surface area contributed by atoms with E-state index in [1.165, 1.54) is 12.1 Å². The number of ether oxygens (including phenoxy) is 1. The third-order valence-electron chi connectivity index (χ3n) is 3.31. The Morgan fingerprint density at radius 3 is 2.75 bits per heavy atom. The first-order chi connectivity index (χ1) is 11.6. The third-order valence-corrected chi connectivity index (χ3v) is 3.31. The molecule has 0 saturated heterocycles. The molecule has 3 aromatic rings. The quantitative estimate of drug-likeness (QED) is 0.661. The average molecular weight is 331 g/mol. The highest BCUT2D eigenvalue weighted by Crippen LogP contribution is 2.13. The smallest absolute Gasteiger partial charge is 0.240 e. The maximum absolute atomic E-state index is 12.8. The third kappa shape index (κ3) is 4.39. The van der Waals surface area contributed by atoms with Crippen LogP contribution in [-0.4, -0.2) is 31.9 Å². The van der Waals surface area contributed by atoms with Gasteiger partial charge in [0.1, 0.15) is 11.6 Å². The van der Waals surface area contributed by atoms with Crippen molar-refractivity contribution in [2.24, 2.45) is 7.05 Å². The van der Waals surface area contributed by atoms with Gasteiger partial charge in [-0.15, -0.1) is 0 Å². The second kappa shape index (κ2) is 7.22. The van der Waals surface area contributed by atoms with Crippen LogP contribution in [0, 0.1) is 5.82 Å². The van der Waals surface area contributed by atoms with Gasteiger partial charge in [0.15, 0.2) is 6.61 Å². The van der Waals surface area contributed by atoms with Gasteiger partial charge in [0, 0.05) is 25.4 Å². The molecule has 0 bridgehead atoms. The van der Waals surface area contributed by atoms with Crippen molar-refractivity contribution in [1.82, 2.24) is 24.8 Å². The van der Waals surface area contributed by atoms with Crippen LogP contribution in [0.2, 0.25) is 0 Å². The minimum Gasteiger partial charge on any atom is -0.485 e. The number of nitrogens with zero attached hydrogens (tertiary/aromatic N) is 5. The number of benzene rings is 1. The summed E-state index contributed by atoms with van der Waals surface area (Å²) in [6.45, 7) is 1.43. The van der Waals surface area contributed by atoms with E-state index in [0.29, 0.717) is 24.0 Å². The number of aryl methyl sites for hydroxylation is 1. The monoisotopic (exact) mass is 331 g/mol. The zero-order valence-corrected chi connectivity index (χ0v) is 13.5. The van der Waals surface area contributed by atoms with E-state index >= 15 is 0 Å². The van der Waals surface area contributed by atoms with Gasteiger partial charge in [-0.2, -0.15) is 10.1 Å². The van der Waals surface area contributed by atoms with E-state index in [-0.39, 0.29) is 12.4 Å². The maximum atomic E-state index is 12.8. The summed E-state index contributed by atoms with van der Waals surface area (Å²) < 4.78 is 25.3. The standard InChI is InChI=1S/C16H18FN5O2/c1-21(8-12-7-18-22(2)9-12)10-16-19-15(20-24-16)11-23-14-5-3-13(17)4-6-14/h3-7,9H,8,10-11H2,1-2H3. The van der Waals surface area contributed by atoms with Crippen molar-refractivity contribution in [2.75, 3.05) is 7.05 Å². The number of aromatic nitrogens is 4. The first-order valence-corrected chi connectivity index (χ1v) is 7.44. The predicted octanol–water partition coefficient (Wildman–Crippen LogP) is 2.15. The van der Waals surface area contributed by atoms with Gasteiger partial charge in [-0.25, -0.2) is 4.39 Å². The molecule has 0 saturated carbocycles. The van der Waals surface area contributed by atoms with Crippen molar-refractivity contribution in [3.63, 3.8) is 0 Å². The molecule has 2 aromatic heterocycles. The Balaban J connectivity index is 1.50. The topological polar surface area (TPSA) is 69.2 Å². The molecule has 0 atom stereocenters. The summed E-state index contributed by atoms with van der Waals surface area (Å²) in [5, 5.41) is 8.02. The van der Waals surface area contributed by atoms with Gasteiger partial charge in [-0.1, -0.05) is 5.16 Å². The fourth-order valence-corrected chi connectivity index (χ4v) is 2.24. The molecule has 0 amide bonds. The lowest BCUT2D eigenvalue weighted by Gasteiger charge is -2.12. The Hall–Kier alpha value is -2.74. The van der Waals surface area contributed by atoms with Crippen LogP contribution in [0.1, 0.15) is 17.3 Å². The SMILES string of the molecule is CN(Cc1cnn(C)c1)Cc1nc(COc2ccc(F)cc2)no1. The molecule has 3 rings (SSSR count). The van der Waals surface area contributed by atoms with E-state index in [4.69, 9.17) is 9.26 Å². The van der Waals surface area contributed by atoms with Gasteiger partial charge in [-0.05, 0) is 31.3 Å². The van der Waals surface area contributed by atoms with E-state index in [2.05, 4.69) is 20.1 Å². The van der Waals surface area contributed by atoms with Crippen LogP contribution in [0.5, 0.6) is 5.75 Å². The number of rotatable bonds is 7. The van der Waals surface area contributed by atoms with Crippen LogP contribution >= 0.6 is 0 Å². The molecule has 0 aliphatic rings. The molecule has 126 valence electrons. The molecule has 24 heavy (non-hydrogen) atoms. The molecule has 0 fully saturated rings. The lowest BCUT2D eigenvalue weighted by atomic mass is 10.3. The summed E-state index contributed by atoms with van der Waals surface area (Å²) in [6, 6.07) is 5.78. The highest BCUT2D eigenvalue weighted by atomic mass is 19.1. The molecule has 7 nitrogen and oxygen atoms in total. The molecule has 1 aromatic carbocycles. The molecule has 0 unspecified atom stereocenters. The highest BCUT2D eigenvalue weighted by molar-refractivity contribution is 5.22. The Kier molecular flexibility index (Phi) is 4.85. The first kappa shape index (κ1) is 16.1. The van der Waals surface area contributed by atoms with Crippen molar-refractivity contribution >= 4 is 0 Å². The fourth-order valence-electron chi connectivity index (χ4n) is 2.24. The summed E-state index contributed by atoms with van der Waals surface area (Å²) in [7, 11) is 3.85. The summed E-state index contributed by atoms with van der Waals surface area (Å²) in [4.78, 5) is 6.34. The van der Waals surface area contributed by atoms with E-state index in [1.54, 1.807) is 16.8 Å². The molecule has 0 N–H and O–H groups in total. The fraction of sp³-hybridized carbons (Fsp3) is 0.312. The van der Waals surface area contributed by atoms with Crippen molar-refractivity contribution in [1.29, 1.82) is 0 Å². The van der Waals surface area contributed by atoms with Crippen LogP contribution in [0.25, 0.3) is 0 Å². The normalized spacial score (nSPS) is 11.2. The Labute approximate surface area is 138 Å². The van der Waals surface area contributed by atoms with Gasteiger partial charge in [0.05, 0.1) is 12.7 Å². The van der Waals surface area contributed by atoms with Crippen molar-refractivity contribution < 1.29 is 13.7 Å². The molecule has 0 aliphatic heterocycles. The Bertz CT molecular complexity index is 784. The molecular weight excluding hydrogens is 313 g/mol. The molecule has 8 heteroatoms. The van der Waals surface area contributed by atoms with Gasteiger partial charge < -0.3 is 9.26 Å². The number of halogens is 1. The van der Waals surface area contributed by atoms with E-state index in [0.717, 1.165) is 12.1 Å². The Morgan fingerprint density at radius 1 is 1.25 bits per heavy atom. The minimum absolute atomic E-state index is 0.168. The summed E-state index contributed by atoms with van der Waals surface area (Å²) >= 11 is 0. The zero-order valence-electron chi connectivity index (χ0n) is 13.5. The first-order valence-electron chi connectivity index (χ1n) is 7.44. The van der Waals surface area contributed by atoms with E-state index in [9.17, 15) is 4.39 Å². The zero-order chi connectivity index (χ0) is 16.9. The van der Waals surface area contributed by atoms with Gasteiger partial charge in [0.2, 0.25) is 11.7 Å². The van der Waals surface area contributed by atoms with Crippen LogP contribution in [0.4, 0.5) is 4.39 Å². The van der Waals surface area contributed by atoms with Crippen molar-refractivity contribution in [2.45, 2.75) is 19.7 Å². The Morgan fingerprint density at radius 2 is 2.04 bits per heavy atom. The molecular formula is C16H18FN5O2. The molecule has 2 heterocycles. The second-order valence-corrected chi connectivity index (χ2v) is 5.54. The number of hydrogen-bond donors (Lipinski definition) is 0. The molecule has 0 radical (unpaired) electrons. The average Bonchev–Trinajstić information content (AvgIpc) is 3.16. The van der Waals surface area contributed by atoms with E-state index in [1.807, 2.05) is 26.5 Å². The van der Waals surface area contributed by atoms with Gasteiger partial charge >= 0.3 is 0 Å². The highest BCUT2D eigenvalue weighted by Gasteiger charge is 2.11. The maximum Gasteiger partial charge on any atom is 0.240 e.